The first-order valence-electron chi connectivity index (χ1n) is 16.2. The summed E-state index contributed by atoms with van der Waals surface area (Å²) in [6, 6.07) is 39.0. The molecule has 4 aromatic carbocycles. The van der Waals surface area contributed by atoms with E-state index in [-0.39, 0.29) is 32.8 Å². The van der Waals surface area contributed by atoms with Crippen LogP contribution >= 0.6 is 0 Å². The Morgan fingerprint density at radius 2 is 1.20 bits per heavy atom. The first kappa shape index (κ1) is 35.5. The molecule has 254 valence electrons. The Hall–Kier alpha value is -4.80. The third-order valence-corrected chi connectivity index (χ3v) is 8.10. The molecule has 1 saturated heterocycles. The van der Waals surface area contributed by atoms with Crippen LogP contribution in [0.25, 0.3) is 10.4 Å². The summed E-state index contributed by atoms with van der Waals surface area (Å²) < 4.78 is 37.8. The quantitative estimate of drug-likeness (QED) is 0.0377. The van der Waals surface area contributed by atoms with Gasteiger partial charge in [0.25, 0.3) is 0 Å². The molecule has 0 unspecified atom stereocenters. The highest BCUT2D eigenvalue weighted by Crippen LogP contribution is 2.40. The minimum absolute atomic E-state index is 0.0165. The Morgan fingerprint density at radius 3 is 1.69 bits per heavy atom. The predicted molar refractivity (Wildman–Crippen MR) is 184 cm³/mol. The molecule has 1 aliphatic heterocycles. The minimum atomic E-state index is -1.65. The number of azide groups is 1. The SMILES string of the molecule is COC(=O)/C=C/C[C@]1(N=[N+]=[N-])O[C@H](COCc2ccccc2)[C@H](OCc2ccccc2)[C@H](OCc2ccccc2)[C@H]1OCc1ccccc1. The van der Waals surface area contributed by atoms with Crippen molar-refractivity contribution in [3.05, 3.63) is 166 Å². The molecule has 0 spiro atoms. The third kappa shape index (κ3) is 10.3. The molecular formula is C39H41N3O7. The highest BCUT2D eigenvalue weighted by atomic mass is 16.6. The zero-order valence-electron chi connectivity index (χ0n) is 27.5. The second-order valence-corrected chi connectivity index (χ2v) is 11.6. The van der Waals surface area contributed by atoms with Crippen molar-refractivity contribution >= 4 is 5.97 Å². The van der Waals surface area contributed by atoms with E-state index in [0.717, 1.165) is 22.3 Å². The van der Waals surface area contributed by atoms with E-state index in [1.54, 1.807) is 6.08 Å². The average Bonchev–Trinajstić information content (AvgIpc) is 3.15. The topological polar surface area (TPSA) is 121 Å². The standard InChI is InChI=1S/C39H41N3O7/c1-44-35(43)23-14-24-39(41-42-40)38(48-28-33-21-12-5-13-22-33)37(47-27-32-19-10-4-11-20-32)36(46-26-31-17-8-3-9-18-31)34(49-39)29-45-25-30-15-6-2-7-16-30/h2-23,34,36-38H,24-29H2,1H3/b23-14+/t34-,36+,37+,38-,39+/m1/s1. The Balaban J connectivity index is 1.54. The van der Waals surface area contributed by atoms with E-state index in [1.807, 2.05) is 121 Å². The lowest BCUT2D eigenvalue weighted by atomic mass is 9.88. The van der Waals surface area contributed by atoms with Crippen molar-refractivity contribution in [3.8, 4) is 0 Å². The molecule has 0 saturated carbocycles. The molecule has 0 radical (unpaired) electrons. The van der Waals surface area contributed by atoms with Crippen LogP contribution in [0, 0.1) is 0 Å². The number of ether oxygens (including phenoxy) is 6. The summed E-state index contributed by atoms with van der Waals surface area (Å²) in [6.45, 7) is 1.08. The summed E-state index contributed by atoms with van der Waals surface area (Å²) in [7, 11) is 1.29. The molecule has 5 atom stereocenters. The highest BCUT2D eigenvalue weighted by Gasteiger charge is 2.56. The van der Waals surface area contributed by atoms with E-state index in [4.69, 9.17) is 28.4 Å². The van der Waals surface area contributed by atoms with Crippen molar-refractivity contribution in [2.75, 3.05) is 13.7 Å². The number of rotatable bonds is 17. The van der Waals surface area contributed by atoms with Crippen molar-refractivity contribution < 1.29 is 33.2 Å². The molecule has 0 amide bonds. The first-order chi connectivity index (χ1) is 24.1. The zero-order chi connectivity index (χ0) is 34.2. The number of carbonyl (C=O) groups is 1. The molecule has 1 aliphatic rings. The Morgan fingerprint density at radius 1 is 0.735 bits per heavy atom. The fourth-order valence-electron chi connectivity index (χ4n) is 5.69. The van der Waals surface area contributed by atoms with Gasteiger partial charge in [0.15, 0.2) is 5.72 Å². The van der Waals surface area contributed by atoms with Crippen molar-refractivity contribution in [2.45, 2.75) is 63.0 Å². The molecule has 0 aromatic heterocycles. The maximum Gasteiger partial charge on any atom is 0.330 e. The summed E-state index contributed by atoms with van der Waals surface area (Å²) in [6.07, 6.45) is -0.443. The van der Waals surface area contributed by atoms with Crippen LogP contribution in [0.3, 0.4) is 0 Å². The Kier molecular flexibility index (Phi) is 13.5. The number of benzene rings is 4. The van der Waals surface area contributed by atoms with Gasteiger partial charge in [0.2, 0.25) is 0 Å². The van der Waals surface area contributed by atoms with Crippen LogP contribution in [0.15, 0.2) is 139 Å². The van der Waals surface area contributed by atoms with Gasteiger partial charge in [-0.1, -0.05) is 133 Å². The van der Waals surface area contributed by atoms with Crippen LogP contribution in [0.4, 0.5) is 0 Å². The van der Waals surface area contributed by atoms with E-state index in [9.17, 15) is 10.3 Å². The summed E-state index contributed by atoms with van der Waals surface area (Å²) in [5.74, 6) is -0.558. The number of esters is 1. The minimum Gasteiger partial charge on any atom is -0.466 e. The number of methoxy groups -OCH3 is 1. The normalized spacial score (nSPS) is 22.0. The fourth-order valence-corrected chi connectivity index (χ4v) is 5.69. The molecular weight excluding hydrogens is 622 g/mol. The third-order valence-electron chi connectivity index (χ3n) is 8.10. The van der Waals surface area contributed by atoms with E-state index >= 15 is 0 Å². The lowest BCUT2D eigenvalue weighted by Crippen LogP contribution is -2.66. The molecule has 10 heteroatoms. The van der Waals surface area contributed by atoms with Crippen molar-refractivity contribution in [1.29, 1.82) is 0 Å². The summed E-state index contributed by atoms with van der Waals surface area (Å²) in [5, 5.41) is 4.24. The van der Waals surface area contributed by atoms with Crippen LogP contribution in [-0.2, 0) is 59.6 Å². The molecule has 0 aliphatic carbocycles. The zero-order valence-corrected chi connectivity index (χ0v) is 27.5. The van der Waals surface area contributed by atoms with Gasteiger partial charge in [0.1, 0.15) is 24.4 Å². The van der Waals surface area contributed by atoms with Gasteiger partial charge in [-0.05, 0) is 27.8 Å². The van der Waals surface area contributed by atoms with Crippen LogP contribution in [0.1, 0.15) is 28.7 Å². The summed E-state index contributed by atoms with van der Waals surface area (Å²) in [5.41, 5.74) is 12.1. The van der Waals surface area contributed by atoms with E-state index < -0.39 is 36.1 Å². The van der Waals surface area contributed by atoms with Crippen molar-refractivity contribution in [2.24, 2.45) is 5.11 Å². The van der Waals surface area contributed by atoms with E-state index in [1.165, 1.54) is 13.2 Å². The molecule has 1 heterocycles. The highest BCUT2D eigenvalue weighted by molar-refractivity contribution is 5.81. The van der Waals surface area contributed by atoms with Crippen molar-refractivity contribution in [3.63, 3.8) is 0 Å². The molecule has 49 heavy (non-hydrogen) atoms. The predicted octanol–water partition coefficient (Wildman–Crippen LogP) is 7.48. The smallest absolute Gasteiger partial charge is 0.330 e. The van der Waals surface area contributed by atoms with Crippen molar-refractivity contribution in [1.82, 2.24) is 0 Å². The van der Waals surface area contributed by atoms with Crippen LogP contribution in [0.5, 0.6) is 0 Å². The molecule has 4 aromatic rings. The summed E-state index contributed by atoms with van der Waals surface area (Å²) >= 11 is 0. The van der Waals surface area contributed by atoms with Crippen LogP contribution < -0.4 is 0 Å². The van der Waals surface area contributed by atoms with Gasteiger partial charge < -0.3 is 28.4 Å². The average molecular weight is 664 g/mol. The maximum absolute atomic E-state index is 12.1. The lowest BCUT2D eigenvalue weighted by Gasteiger charge is -2.50. The Labute approximate surface area is 286 Å². The number of nitrogens with zero attached hydrogens (tertiary/aromatic N) is 3. The Bertz CT molecular complexity index is 1640. The van der Waals surface area contributed by atoms with Gasteiger partial charge in [-0.3, -0.25) is 0 Å². The molecule has 0 bridgehead atoms. The van der Waals surface area contributed by atoms with Gasteiger partial charge in [-0.2, -0.15) is 0 Å². The maximum atomic E-state index is 12.1. The van der Waals surface area contributed by atoms with Crippen LogP contribution in [-0.4, -0.2) is 49.8 Å². The van der Waals surface area contributed by atoms with E-state index in [2.05, 4.69) is 10.0 Å². The number of hydrogen-bond acceptors (Lipinski definition) is 8. The van der Waals surface area contributed by atoms with Gasteiger partial charge >= 0.3 is 5.97 Å². The molecule has 5 rings (SSSR count). The summed E-state index contributed by atoms with van der Waals surface area (Å²) in [4.78, 5) is 15.3. The molecule has 1 fully saturated rings. The van der Waals surface area contributed by atoms with Gasteiger partial charge in [0.05, 0.1) is 40.1 Å². The lowest BCUT2D eigenvalue weighted by molar-refractivity contribution is -0.306. The van der Waals surface area contributed by atoms with Crippen LogP contribution in [0.2, 0.25) is 0 Å². The number of hydrogen-bond donors (Lipinski definition) is 0. The van der Waals surface area contributed by atoms with Gasteiger partial charge in [-0.15, -0.1) is 0 Å². The molecule has 0 N–H and O–H groups in total. The largest absolute Gasteiger partial charge is 0.466 e. The second-order valence-electron chi connectivity index (χ2n) is 11.6. The monoisotopic (exact) mass is 663 g/mol. The molecule has 10 nitrogen and oxygen atoms in total. The number of carbonyl (C=O) groups excluding carboxylic acids is 1. The van der Waals surface area contributed by atoms with E-state index in [0.29, 0.717) is 6.61 Å². The second kappa shape index (κ2) is 18.7. The van der Waals surface area contributed by atoms with Gasteiger partial charge in [-0.25, -0.2) is 4.79 Å². The first-order valence-corrected chi connectivity index (χ1v) is 16.2. The van der Waals surface area contributed by atoms with Gasteiger partial charge in [0, 0.05) is 17.4 Å². The fraction of sp³-hybridized carbons (Fsp3) is 0.308.